The summed E-state index contributed by atoms with van der Waals surface area (Å²) >= 11 is 5.09. The number of rotatable bonds is 18. The minimum absolute atomic E-state index is 0.0109. The lowest BCUT2D eigenvalue weighted by atomic mass is 10.2. The molecule has 0 atom stereocenters. The van der Waals surface area contributed by atoms with Crippen molar-refractivity contribution in [3.8, 4) is 0 Å². The van der Waals surface area contributed by atoms with E-state index in [2.05, 4.69) is 67.9 Å². The Labute approximate surface area is 279 Å². The fourth-order valence-corrected chi connectivity index (χ4v) is 6.26. The molecule has 6 aromatic rings. The van der Waals surface area contributed by atoms with Crippen molar-refractivity contribution in [3.05, 3.63) is 121 Å². The smallest absolute Gasteiger partial charge is 0.139 e. The topological polar surface area (TPSA) is 81.1 Å². The number of hydrogen-bond acceptors (Lipinski definition) is 9. The molecule has 6 heterocycles. The number of nitrogens with zero attached hydrogens (tertiary/aromatic N) is 6. The second-order valence-electron chi connectivity index (χ2n) is 10.2. The quantitative estimate of drug-likeness (QED) is 0.0925. The molecule has 6 rings (SSSR count). The Morgan fingerprint density at radius 1 is 0.587 bits per heavy atom. The maximum atomic E-state index is 6.11. The molecule has 0 aromatic carbocycles. The van der Waals surface area contributed by atoms with Crippen LogP contribution >= 0.6 is 34.0 Å². The molecule has 0 aliphatic rings. The first-order valence-electron chi connectivity index (χ1n) is 14.7. The lowest BCUT2D eigenvalue weighted by Crippen LogP contribution is -2.24. The highest BCUT2D eigenvalue weighted by Crippen LogP contribution is 2.15. The van der Waals surface area contributed by atoms with E-state index in [-0.39, 0.29) is 5.92 Å². The SMILES string of the molecule is C(=C\c1cccs1)/c1ccn(COCC(COCn2ccc(/C=C/c3cccs3)n2)COCn2nccc2/C=C/c2cccs2)n1. The van der Waals surface area contributed by atoms with E-state index in [0.717, 1.165) is 17.1 Å². The van der Waals surface area contributed by atoms with Crippen LogP contribution in [0.5, 0.6) is 0 Å². The number of aromatic nitrogens is 6. The van der Waals surface area contributed by atoms with Crippen LogP contribution in [0.3, 0.4) is 0 Å². The van der Waals surface area contributed by atoms with Crippen molar-refractivity contribution < 1.29 is 14.2 Å². The standard InChI is InChI=1S/C34H34N6O3S3/c1-4-32(44-19-1)10-7-29-14-17-38(36-29)25-41-22-28(23-42-26-39-18-15-30(37-39)8-11-33-5-2-20-45-33)24-43-27-40-31(13-16-35-40)9-12-34-6-3-21-46-34/h1-21,28H,22-27H2/b10-7+,11-8+,12-9+. The van der Waals surface area contributed by atoms with Gasteiger partial charge in [-0.3, -0.25) is 0 Å². The van der Waals surface area contributed by atoms with Gasteiger partial charge in [0.25, 0.3) is 0 Å². The summed E-state index contributed by atoms with van der Waals surface area (Å²) in [7, 11) is 0. The average Bonchev–Trinajstić information content (AvgIpc) is 3.92. The van der Waals surface area contributed by atoms with Crippen molar-refractivity contribution in [2.75, 3.05) is 19.8 Å². The minimum Gasteiger partial charge on any atom is -0.359 e. The second-order valence-corrected chi connectivity index (χ2v) is 13.2. The van der Waals surface area contributed by atoms with Gasteiger partial charge in [0, 0.05) is 39.1 Å². The van der Waals surface area contributed by atoms with Gasteiger partial charge >= 0.3 is 0 Å². The zero-order chi connectivity index (χ0) is 31.2. The normalized spacial score (nSPS) is 12.2. The Balaban J connectivity index is 1.00. The van der Waals surface area contributed by atoms with Crippen molar-refractivity contribution in [2.45, 2.75) is 20.2 Å². The molecule has 0 saturated carbocycles. The maximum Gasteiger partial charge on any atom is 0.139 e. The zero-order valence-electron chi connectivity index (χ0n) is 25.1. The third-order valence-electron chi connectivity index (χ3n) is 6.68. The van der Waals surface area contributed by atoms with E-state index < -0.39 is 0 Å². The average molecular weight is 671 g/mol. The van der Waals surface area contributed by atoms with Crippen LogP contribution < -0.4 is 0 Å². The lowest BCUT2D eigenvalue weighted by Gasteiger charge is -2.18. The van der Waals surface area contributed by atoms with Crippen LogP contribution in [0.2, 0.25) is 0 Å². The number of thiophene rings is 3. The second kappa shape index (κ2) is 16.9. The molecule has 12 heteroatoms. The first kappa shape index (κ1) is 31.8. The van der Waals surface area contributed by atoms with E-state index >= 15 is 0 Å². The van der Waals surface area contributed by atoms with Gasteiger partial charge in [-0.25, -0.2) is 14.0 Å². The highest BCUT2D eigenvalue weighted by atomic mass is 32.1. The maximum absolute atomic E-state index is 6.11. The summed E-state index contributed by atoms with van der Waals surface area (Å²) in [5, 5.41) is 19.8. The molecule has 6 aromatic heterocycles. The van der Waals surface area contributed by atoms with Crippen molar-refractivity contribution in [1.82, 2.24) is 29.3 Å². The van der Waals surface area contributed by atoms with Crippen LogP contribution in [0.4, 0.5) is 0 Å². The Bertz CT molecular complexity index is 1710. The summed E-state index contributed by atoms with van der Waals surface area (Å²) in [6.45, 7) is 2.32. The number of ether oxygens (including phenoxy) is 3. The Morgan fingerprint density at radius 3 is 1.59 bits per heavy atom. The predicted molar refractivity (Wildman–Crippen MR) is 188 cm³/mol. The molecular formula is C34H34N6O3S3. The molecule has 0 N–H and O–H groups in total. The van der Waals surface area contributed by atoms with E-state index in [1.807, 2.05) is 71.7 Å². The molecule has 0 fully saturated rings. The predicted octanol–water partition coefficient (Wildman–Crippen LogP) is 7.91. The molecule has 0 spiro atoms. The molecule has 46 heavy (non-hydrogen) atoms. The molecule has 0 radical (unpaired) electrons. The summed E-state index contributed by atoms with van der Waals surface area (Å²) < 4.78 is 23.7. The van der Waals surface area contributed by atoms with Crippen LogP contribution in [0.1, 0.15) is 31.7 Å². The lowest BCUT2D eigenvalue weighted by molar-refractivity contribution is -0.0504. The highest BCUT2D eigenvalue weighted by molar-refractivity contribution is 7.11. The molecule has 0 saturated heterocycles. The molecule has 0 amide bonds. The van der Waals surface area contributed by atoms with Gasteiger partial charge in [0.1, 0.15) is 20.2 Å². The van der Waals surface area contributed by atoms with E-state index in [1.54, 1.807) is 49.6 Å². The van der Waals surface area contributed by atoms with Crippen LogP contribution in [0, 0.1) is 5.92 Å². The summed E-state index contributed by atoms with van der Waals surface area (Å²) in [5.74, 6) is -0.0109. The van der Waals surface area contributed by atoms with Gasteiger partial charge in [-0.15, -0.1) is 34.0 Å². The summed E-state index contributed by atoms with van der Waals surface area (Å²) in [6.07, 6.45) is 17.9. The fourth-order valence-electron chi connectivity index (χ4n) is 4.41. The summed E-state index contributed by atoms with van der Waals surface area (Å²) in [5.41, 5.74) is 2.74. The van der Waals surface area contributed by atoms with Crippen LogP contribution in [0.15, 0.2) is 89.3 Å². The molecule has 9 nitrogen and oxygen atoms in total. The third-order valence-corrected chi connectivity index (χ3v) is 9.19. The van der Waals surface area contributed by atoms with Crippen molar-refractivity contribution in [1.29, 1.82) is 0 Å². The van der Waals surface area contributed by atoms with E-state index in [0.29, 0.717) is 40.0 Å². The third kappa shape index (κ3) is 9.91. The molecule has 236 valence electrons. The molecular weight excluding hydrogens is 637 g/mol. The van der Waals surface area contributed by atoms with Gasteiger partial charge in [-0.05, 0) is 89.0 Å². The highest BCUT2D eigenvalue weighted by Gasteiger charge is 2.12. The van der Waals surface area contributed by atoms with Gasteiger partial charge in [0.15, 0.2) is 0 Å². The van der Waals surface area contributed by atoms with Crippen LogP contribution in [-0.2, 0) is 34.4 Å². The largest absolute Gasteiger partial charge is 0.359 e. The van der Waals surface area contributed by atoms with Gasteiger partial charge in [0.2, 0.25) is 0 Å². The first-order valence-corrected chi connectivity index (χ1v) is 17.4. The van der Waals surface area contributed by atoms with Gasteiger partial charge in [0.05, 0.1) is 36.9 Å². The fraction of sp³-hybridized carbons (Fsp3) is 0.206. The number of hydrogen-bond donors (Lipinski definition) is 0. The van der Waals surface area contributed by atoms with Crippen molar-refractivity contribution >= 4 is 70.5 Å². The van der Waals surface area contributed by atoms with Crippen molar-refractivity contribution in [3.63, 3.8) is 0 Å². The van der Waals surface area contributed by atoms with Gasteiger partial charge in [-0.2, -0.15) is 15.3 Å². The monoisotopic (exact) mass is 670 g/mol. The minimum atomic E-state index is -0.0109. The zero-order valence-corrected chi connectivity index (χ0v) is 27.5. The van der Waals surface area contributed by atoms with E-state index in [9.17, 15) is 0 Å². The summed E-state index contributed by atoms with van der Waals surface area (Å²) in [4.78, 5) is 3.57. The van der Waals surface area contributed by atoms with Crippen LogP contribution in [0.25, 0.3) is 36.5 Å². The Kier molecular flexibility index (Phi) is 11.7. The summed E-state index contributed by atoms with van der Waals surface area (Å²) in [6, 6.07) is 18.3. The molecule has 0 bridgehead atoms. The molecule has 0 aliphatic heterocycles. The Morgan fingerprint density at radius 2 is 1.09 bits per heavy atom. The van der Waals surface area contributed by atoms with Gasteiger partial charge < -0.3 is 14.2 Å². The van der Waals surface area contributed by atoms with E-state index in [1.165, 1.54) is 14.6 Å². The first-order chi connectivity index (χ1) is 22.8. The Hall–Kier alpha value is -4.17. The van der Waals surface area contributed by atoms with E-state index in [4.69, 9.17) is 14.2 Å². The molecule has 0 unspecified atom stereocenters. The van der Waals surface area contributed by atoms with Crippen LogP contribution in [-0.4, -0.2) is 49.2 Å². The molecule has 0 aliphatic carbocycles. The van der Waals surface area contributed by atoms with Crippen molar-refractivity contribution in [2.24, 2.45) is 5.92 Å². The van der Waals surface area contributed by atoms with Gasteiger partial charge in [-0.1, -0.05) is 18.2 Å².